The second kappa shape index (κ2) is 9.90. The number of alkyl halides is 6. The second-order valence-corrected chi connectivity index (χ2v) is 7.26. The molecule has 0 radical (unpaired) electrons. The van der Waals surface area contributed by atoms with E-state index < -0.39 is 40.8 Å². The van der Waals surface area contributed by atoms with Crippen LogP contribution in [0.1, 0.15) is 21.5 Å². The fourth-order valence-corrected chi connectivity index (χ4v) is 3.26. The molecule has 5 nitrogen and oxygen atoms in total. The number of aliphatic hydroxyl groups is 1. The van der Waals surface area contributed by atoms with Gasteiger partial charge in [-0.2, -0.15) is 26.3 Å². The maximum Gasteiger partial charge on any atom is 0.416 e. The molecule has 3 aromatic rings. The van der Waals surface area contributed by atoms with Gasteiger partial charge in [-0.05, 0) is 36.4 Å². The van der Waals surface area contributed by atoms with Crippen LogP contribution in [0.25, 0.3) is 11.1 Å². The highest BCUT2D eigenvalue weighted by Crippen LogP contribution is 2.39. The summed E-state index contributed by atoms with van der Waals surface area (Å²) in [5.41, 5.74) is -3.63. The Hall–Kier alpha value is -3.67. The first kappa shape index (κ1) is 25.9. The maximum absolute atomic E-state index is 13.8. The number of pyridine rings is 1. The van der Waals surface area contributed by atoms with E-state index >= 15 is 0 Å². The Kier molecular flexibility index (Phi) is 7.34. The Morgan fingerprint density at radius 3 is 2.17 bits per heavy atom. The van der Waals surface area contributed by atoms with Crippen LogP contribution in [0, 0.1) is 5.82 Å². The van der Waals surface area contributed by atoms with Crippen molar-refractivity contribution in [1.29, 1.82) is 0 Å². The summed E-state index contributed by atoms with van der Waals surface area (Å²) in [4.78, 5) is 17.7. The second-order valence-electron chi connectivity index (χ2n) is 7.26. The number of nitrogens with zero attached hydrogens (tertiary/aromatic N) is 2. The van der Waals surface area contributed by atoms with Gasteiger partial charge in [-0.1, -0.05) is 0 Å². The highest BCUT2D eigenvalue weighted by molar-refractivity contribution is 6.08. The summed E-state index contributed by atoms with van der Waals surface area (Å²) in [6.45, 7) is -0.565. The van der Waals surface area contributed by atoms with E-state index in [-0.39, 0.29) is 41.8 Å². The molecule has 186 valence electrons. The smallest absolute Gasteiger partial charge is 0.416 e. The molecule has 0 bridgehead atoms. The number of aliphatic hydroxyl groups excluding tert-OH is 1. The van der Waals surface area contributed by atoms with Crippen LogP contribution in [-0.4, -0.2) is 36.3 Å². The van der Waals surface area contributed by atoms with Crippen molar-refractivity contribution in [3.63, 3.8) is 0 Å². The summed E-state index contributed by atoms with van der Waals surface area (Å²) in [5, 5.41) is 9.02. The van der Waals surface area contributed by atoms with Crippen LogP contribution < -0.4 is 9.64 Å². The molecule has 12 heteroatoms. The first-order valence-corrected chi connectivity index (χ1v) is 9.88. The largest absolute Gasteiger partial charge is 0.490 e. The predicted molar refractivity (Wildman–Crippen MR) is 111 cm³/mol. The molecule has 1 aromatic heterocycles. The van der Waals surface area contributed by atoms with E-state index in [2.05, 4.69) is 4.98 Å². The molecule has 1 heterocycles. The number of halogens is 7. The molecule has 0 unspecified atom stereocenters. The summed E-state index contributed by atoms with van der Waals surface area (Å²) in [6.07, 6.45) is -7.75. The average molecular weight is 502 g/mol. The summed E-state index contributed by atoms with van der Waals surface area (Å²) in [5.74, 6) is -1.84. The molecule has 0 saturated carbocycles. The lowest BCUT2D eigenvalue weighted by atomic mass is 10.0. The number of carbonyl (C=O) groups is 1. The zero-order chi connectivity index (χ0) is 26.0. The van der Waals surface area contributed by atoms with Gasteiger partial charge >= 0.3 is 12.4 Å². The van der Waals surface area contributed by atoms with Crippen molar-refractivity contribution >= 4 is 11.6 Å². The monoisotopic (exact) mass is 502 g/mol. The zero-order valence-electron chi connectivity index (χ0n) is 17.9. The molecule has 0 atom stereocenters. The van der Waals surface area contributed by atoms with Crippen molar-refractivity contribution in [2.75, 3.05) is 25.2 Å². The van der Waals surface area contributed by atoms with Crippen LogP contribution in [0.15, 0.2) is 54.9 Å². The highest BCUT2D eigenvalue weighted by Gasteiger charge is 2.38. The molecule has 0 spiro atoms. The molecule has 0 saturated heterocycles. The summed E-state index contributed by atoms with van der Waals surface area (Å²) in [6, 6.07) is 5.43. The van der Waals surface area contributed by atoms with Gasteiger partial charge in [0.1, 0.15) is 18.2 Å². The molecule has 2 aromatic carbocycles. The Morgan fingerprint density at radius 2 is 1.60 bits per heavy atom. The molecule has 3 rings (SSSR count). The minimum absolute atomic E-state index is 0.00364. The van der Waals surface area contributed by atoms with Gasteiger partial charge in [0, 0.05) is 36.0 Å². The number of aromatic nitrogens is 1. The molecule has 1 N–H and O–H groups in total. The predicted octanol–water partition coefficient (Wildman–Crippen LogP) is 5.57. The third kappa shape index (κ3) is 5.88. The van der Waals surface area contributed by atoms with Crippen molar-refractivity contribution in [3.05, 3.63) is 77.4 Å². The van der Waals surface area contributed by atoms with Crippen LogP contribution in [0.3, 0.4) is 0 Å². The first-order chi connectivity index (χ1) is 16.3. The van der Waals surface area contributed by atoms with Crippen LogP contribution in [-0.2, 0) is 12.4 Å². The fraction of sp³-hybridized carbons (Fsp3) is 0.217. The van der Waals surface area contributed by atoms with E-state index in [1.807, 2.05) is 0 Å². The molecule has 0 aliphatic heterocycles. The van der Waals surface area contributed by atoms with Crippen molar-refractivity contribution in [2.24, 2.45) is 0 Å². The van der Waals surface area contributed by atoms with E-state index in [1.165, 1.54) is 24.5 Å². The molecule has 0 fully saturated rings. The normalized spacial score (nSPS) is 11.9. The third-order valence-electron chi connectivity index (χ3n) is 4.88. The van der Waals surface area contributed by atoms with Gasteiger partial charge in [-0.3, -0.25) is 9.78 Å². The van der Waals surface area contributed by atoms with Gasteiger partial charge in [0.2, 0.25) is 0 Å². The summed E-state index contributed by atoms with van der Waals surface area (Å²) >= 11 is 0. The lowest BCUT2D eigenvalue weighted by molar-refractivity contribution is -0.143. The number of amides is 1. The van der Waals surface area contributed by atoms with E-state index in [1.54, 1.807) is 0 Å². The third-order valence-corrected chi connectivity index (χ3v) is 4.88. The molecular formula is C23H17F7N2O3. The van der Waals surface area contributed by atoms with E-state index in [0.29, 0.717) is 12.1 Å². The number of rotatable bonds is 6. The van der Waals surface area contributed by atoms with Crippen LogP contribution in [0.4, 0.5) is 36.4 Å². The first-order valence-electron chi connectivity index (χ1n) is 9.88. The zero-order valence-corrected chi connectivity index (χ0v) is 17.9. The van der Waals surface area contributed by atoms with Crippen molar-refractivity contribution in [1.82, 2.24) is 4.98 Å². The topological polar surface area (TPSA) is 62.7 Å². The van der Waals surface area contributed by atoms with Crippen molar-refractivity contribution in [3.8, 4) is 16.9 Å². The van der Waals surface area contributed by atoms with Gasteiger partial charge < -0.3 is 14.7 Å². The molecule has 35 heavy (non-hydrogen) atoms. The Morgan fingerprint density at radius 1 is 0.971 bits per heavy atom. The van der Waals surface area contributed by atoms with Gasteiger partial charge in [0.05, 0.1) is 29.6 Å². The van der Waals surface area contributed by atoms with E-state index in [4.69, 9.17) is 9.84 Å². The number of anilines is 1. The van der Waals surface area contributed by atoms with Crippen molar-refractivity contribution in [2.45, 2.75) is 12.4 Å². The van der Waals surface area contributed by atoms with Crippen molar-refractivity contribution < 1.29 is 45.4 Å². The molecule has 0 aliphatic rings. The minimum Gasteiger partial charge on any atom is -0.490 e. The summed E-state index contributed by atoms with van der Waals surface area (Å²) in [7, 11) is 1.15. The lowest BCUT2D eigenvalue weighted by Crippen LogP contribution is -2.28. The average Bonchev–Trinajstić information content (AvgIpc) is 2.80. The quantitative estimate of drug-likeness (QED) is 0.448. The van der Waals surface area contributed by atoms with Gasteiger partial charge in [0.15, 0.2) is 0 Å². The molecular weight excluding hydrogens is 485 g/mol. The van der Waals surface area contributed by atoms with Gasteiger partial charge in [0.25, 0.3) is 5.91 Å². The number of hydrogen-bond donors (Lipinski definition) is 1. The van der Waals surface area contributed by atoms with Gasteiger partial charge in [-0.25, -0.2) is 4.39 Å². The number of carbonyl (C=O) groups excluding carboxylic acids is 1. The van der Waals surface area contributed by atoms with E-state index in [9.17, 15) is 35.5 Å². The van der Waals surface area contributed by atoms with Gasteiger partial charge in [-0.15, -0.1) is 0 Å². The molecule has 1 amide bonds. The highest BCUT2D eigenvalue weighted by atomic mass is 19.4. The Balaban J connectivity index is 2.10. The minimum atomic E-state index is -5.12. The fourth-order valence-electron chi connectivity index (χ4n) is 3.26. The molecule has 0 aliphatic carbocycles. The standard InChI is InChI=1S/C23H17F7N2O3/c1-32(21(34)13-8-14(22(25,26)27)10-15(9-13)23(28,29)30)19-12-31-5-4-17(19)18-3-2-16(24)11-20(18)35-7-6-33/h2-5,8-12,33H,6-7H2,1H3. The maximum atomic E-state index is 13.8. The van der Waals surface area contributed by atoms with E-state index in [0.717, 1.165) is 24.1 Å². The Bertz CT molecular complexity index is 1190. The SMILES string of the molecule is CN(C(=O)c1cc(C(F)(F)F)cc(C(F)(F)F)c1)c1cnccc1-c1ccc(F)cc1OCCO. The summed E-state index contributed by atoms with van der Waals surface area (Å²) < 4.78 is 98.4. The lowest BCUT2D eigenvalue weighted by Gasteiger charge is -2.22. The Labute approximate surface area is 194 Å². The number of ether oxygens (including phenoxy) is 1. The van der Waals surface area contributed by atoms with Crippen LogP contribution in [0.2, 0.25) is 0 Å². The van der Waals surface area contributed by atoms with Crippen LogP contribution >= 0.6 is 0 Å². The number of hydrogen-bond acceptors (Lipinski definition) is 4. The number of benzene rings is 2. The van der Waals surface area contributed by atoms with Crippen LogP contribution in [0.5, 0.6) is 5.75 Å².